The summed E-state index contributed by atoms with van der Waals surface area (Å²) in [6.07, 6.45) is 0. The van der Waals surface area contributed by atoms with Crippen LogP contribution in [0.1, 0.15) is 22.1 Å². The molecule has 4 nitrogen and oxygen atoms in total. The van der Waals surface area contributed by atoms with Crippen molar-refractivity contribution in [3.05, 3.63) is 35.4 Å². The summed E-state index contributed by atoms with van der Waals surface area (Å²) in [5.41, 5.74) is -0.611. The minimum absolute atomic E-state index is 0.306. The molecule has 4 heteroatoms. The molecule has 1 rings (SSSR count). The van der Waals surface area contributed by atoms with Crippen LogP contribution in [-0.4, -0.2) is 22.2 Å². The van der Waals surface area contributed by atoms with E-state index in [1.54, 1.807) is 0 Å². The third-order valence-corrected chi connectivity index (χ3v) is 1.26. The molecule has 0 saturated carbocycles. The molecule has 2 N–H and O–H groups in total. The maximum Gasteiger partial charge on any atom is 0.335 e. The maximum absolute atomic E-state index is 10.5. The molecule has 1 aromatic rings. The molecule has 0 radical (unpaired) electrons. The van der Waals surface area contributed by atoms with Crippen LogP contribution < -0.4 is 0 Å². The van der Waals surface area contributed by atoms with Gasteiger partial charge in [0, 0.05) is 0 Å². The molecule has 0 amide bonds. The van der Waals surface area contributed by atoms with Gasteiger partial charge >= 0.3 is 11.9 Å². The Morgan fingerprint density at radius 3 is 1.92 bits per heavy atom. The van der Waals surface area contributed by atoms with E-state index < -0.39 is 18.0 Å². The van der Waals surface area contributed by atoms with Crippen molar-refractivity contribution in [3.8, 4) is 0 Å². The lowest BCUT2D eigenvalue weighted by Crippen LogP contribution is -2.01. The van der Waals surface area contributed by atoms with Crippen molar-refractivity contribution in [1.82, 2.24) is 0 Å². The minimum atomic E-state index is -1.30. The Morgan fingerprint density at radius 1 is 1.17 bits per heavy atom. The summed E-state index contributed by atoms with van der Waals surface area (Å²) >= 11 is 0. The zero-order chi connectivity index (χ0) is 10.0. The fraction of sp³-hybridized carbons (Fsp3) is 0. The van der Waals surface area contributed by atoms with E-state index in [1.807, 2.05) is 0 Å². The van der Waals surface area contributed by atoms with Crippen LogP contribution >= 0.6 is 0 Å². The van der Waals surface area contributed by atoms with Crippen LogP contribution in [0.15, 0.2) is 24.2 Å². The van der Waals surface area contributed by atoms with E-state index >= 15 is 0 Å². The second-order valence-corrected chi connectivity index (χ2v) is 2.09. The number of benzene rings is 1. The van der Waals surface area contributed by atoms with Crippen molar-refractivity contribution in [2.24, 2.45) is 0 Å². The lowest BCUT2D eigenvalue weighted by molar-refractivity contribution is 0.0696. The Hall–Kier alpha value is -1.84. The highest BCUT2D eigenvalue weighted by molar-refractivity contribution is 5.93. The second-order valence-electron chi connectivity index (χ2n) is 2.09. The predicted molar refractivity (Wildman–Crippen MR) is 40.4 cm³/mol. The molecule has 62 valence electrons. The first-order chi connectivity index (χ1) is 6.04. The molecule has 12 heavy (non-hydrogen) atoms. The fourth-order valence-corrected chi connectivity index (χ4v) is 0.718. The predicted octanol–water partition coefficient (Wildman–Crippen LogP) is 1.08. The molecule has 0 atom stereocenters. The van der Waals surface area contributed by atoms with Gasteiger partial charge in [-0.25, -0.2) is 9.59 Å². The van der Waals surface area contributed by atoms with Crippen LogP contribution in [0.4, 0.5) is 0 Å². The average Bonchev–Trinajstić information content (AvgIpc) is 2.03. The van der Waals surface area contributed by atoms with E-state index in [-0.39, 0.29) is 11.1 Å². The van der Waals surface area contributed by atoms with Crippen LogP contribution in [0.3, 0.4) is 0 Å². The van der Waals surface area contributed by atoms with Crippen molar-refractivity contribution in [2.45, 2.75) is 0 Å². The smallest absolute Gasteiger partial charge is 0.335 e. The topological polar surface area (TPSA) is 74.6 Å². The SMILES string of the molecule is [3H]c1c(C(=O)O)cccc1C(=O)O. The Labute approximate surface area is 69.5 Å². The first-order valence-electron chi connectivity index (χ1n) is 3.60. The van der Waals surface area contributed by atoms with Gasteiger partial charge in [-0.3, -0.25) is 0 Å². The van der Waals surface area contributed by atoms with Gasteiger partial charge < -0.3 is 10.2 Å². The first-order valence-corrected chi connectivity index (χ1v) is 3.10. The van der Waals surface area contributed by atoms with E-state index in [0.29, 0.717) is 0 Å². The van der Waals surface area contributed by atoms with Crippen molar-refractivity contribution >= 4 is 11.9 Å². The van der Waals surface area contributed by atoms with Gasteiger partial charge in [-0.2, -0.15) is 0 Å². The minimum Gasteiger partial charge on any atom is -0.478 e. The Balaban J connectivity index is 3.35. The van der Waals surface area contributed by atoms with Gasteiger partial charge in [0.2, 0.25) is 0 Å². The summed E-state index contributed by atoms with van der Waals surface area (Å²) in [6, 6.07) is 3.21. The molecular formula is C8H6O4. The summed E-state index contributed by atoms with van der Waals surface area (Å²) in [4.78, 5) is 21.0. The highest BCUT2D eigenvalue weighted by Crippen LogP contribution is 2.04. The van der Waals surface area contributed by atoms with Gasteiger partial charge in [-0.05, 0) is 18.2 Å². The van der Waals surface area contributed by atoms with Crippen molar-refractivity contribution < 1.29 is 21.2 Å². The molecule has 0 spiro atoms. The number of carboxylic acid groups (broad SMARTS) is 2. The lowest BCUT2D eigenvalue weighted by atomic mass is 10.1. The average molecular weight is 168 g/mol. The molecule has 0 fully saturated rings. The van der Waals surface area contributed by atoms with Crippen LogP contribution in [0.5, 0.6) is 0 Å². The molecule has 0 unspecified atom stereocenters. The molecule has 0 bridgehead atoms. The van der Waals surface area contributed by atoms with Gasteiger partial charge in [-0.15, -0.1) is 0 Å². The number of rotatable bonds is 2. The second kappa shape index (κ2) is 3.04. The highest BCUT2D eigenvalue weighted by Gasteiger charge is 2.06. The fourth-order valence-electron chi connectivity index (χ4n) is 0.718. The molecule has 1 aromatic carbocycles. The van der Waals surface area contributed by atoms with Crippen LogP contribution in [0, 0.1) is 0 Å². The molecule has 0 aromatic heterocycles. The van der Waals surface area contributed by atoms with Gasteiger partial charge in [0.05, 0.1) is 12.5 Å². The van der Waals surface area contributed by atoms with E-state index in [2.05, 4.69) is 0 Å². The number of hydrogen-bond acceptors (Lipinski definition) is 2. The monoisotopic (exact) mass is 168 g/mol. The zero-order valence-corrected chi connectivity index (χ0v) is 5.94. The molecule has 0 aliphatic heterocycles. The quantitative estimate of drug-likeness (QED) is 0.692. The highest BCUT2D eigenvalue weighted by atomic mass is 16.4. The van der Waals surface area contributed by atoms with Crippen molar-refractivity contribution in [3.63, 3.8) is 0 Å². The molecular weight excluding hydrogens is 160 g/mol. The van der Waals surface area contributed by atoms with E-state index in [4.69, 9.17) is 11.6 Å². The molecule has 0 aliphatic rings. The summed E-state index contributed by atoms with van der Waals surface area (Å²) in [5.74, 6) is -2.60. The summed E-state index contributed by atoms with van der Waals surface area (Å²) in [7, 11) is 0. The Bertz CT molecular complexity index is 340. The summed E-state index contributed by atoms with van der Waals surface area (Å²) < 4.78 is 7.25. The maximum atomic E-state index is 10.5. The summed E-state index contributed by atoms with van der Waals surface area (Å²) in [6.45, 7) is 0. The Morgan fingerprint density at radius 2 is 1.58 bits per heavy atom. The van der Waals surface area contributed by atoms with Crippen molar-refractivity contribution in [1.29, 1.82) is 0 Å². The largest absolute Gasteiger partial charge is 0.478 e. The number of aromatic carboxylic acids is 2. The Kier molecular flexibility index (Phi) is 1.74. The van der Waals surface area contributed by atoms with Gasteiger partial charge in [0.25, 0.3) is 0 Å². The molecule has 0 aliphatic carbocycles. The van der Waals surface area contributed by atoms with E-state index in [0.717, 1.165) is 0 Å². The number of carbonyl (C=O) groups is 2. The van der Waals surface area contributed by atoms with Crippen LogP contribution in [0.2, 0.25) is 0 Å². The molecule has 0 saturated heterocycles. The van der Waals surface area contributed by atoms with Crippen molar-refractivity contribution in [2.75, 3.05) is 0 Å². The van der Waals surface area contributed by atoms with Gasteiger partial charge in [0.15, 0.2) is 0 Å². The number of hydrogen-bond donors (Lipinski definition) is 2. The number of carboxylic acids is 2. The zero-order valence-electron chi connectivity index (χ0n) is 6.94. The first kappa shape index (κ1) is 6.84. The van der Waals surface area contributed by atoms with Gasteiger partial charge in [0.1, 0.15) is 0 Å². The lowest BCUT2D eigenvalue weighted by Gasteiger charge is -1.95. The summed E-state index contributed by atoms with van der Waals surface area (Å²) in [5, 5.41) is 17.1. The van der Waals surface area contributed by atoms with E-state index in [9.17, 15) is 9.59 Å². The third-order valence-electron chi connectivity index (χ3n) is 1.26. The van der Waals surface area contributed by atoms with Crippen LogP contribution in [-0.2, 0) is 0 Å². The van der Waals surface area contributed by atoms with Gasteiger partial charge in [-0.1, -0.05) is 6.07 Å². The normalized spacial score (nSPS) is 10.5. The third kappa shape index (κ3) is 1.60. The standard InChI is InChI=1S/C8H6O4/c9-7(10)5-2-1-3-6(4-5)8(11)12/h1-4H,(H,9,10)(H,11,12)/i4T. The molecule has 0 heterocycles. The van der Waals surface area contributed by atoms with Crippen LogP contribution in [0.25, 0.3) is 0 Å². The van der Waals surface area contributed by atoms with E-state index in [1.165, 1.54) is 18.2 Å².